The molecule has 0 aliphatic carbocycles. The molecule has 0 radical (unpaired) electrons. The molecule has 3 rings (SSSR count). The molecule has 3 N–H and O–H groups in total. The van der Waals surface area contributed by atoms with Crippen molar-refractivity contribution < 1.29 is 9.18 Å². The molecular formula is C25H27FN4O3. The van der Waals surface area contributed by atoms with Gasteiger partial charge in [-0.2, -0.15) is 0 Å². The molecule has 0 bridgehead atoms. The number of amides is 1. The molecule has 0 saturated carbocycles. The van der Waals surface area contributed by atoms with E-state index in [4.69, 9.17) is 5.73 Å². The van der Waals surface area contributed by atoms with Crippen LogP contribution >= 0.6 is 0 Å². The van der Waals surface area contributed by atoms with Crippen LogP contribution in [-0.2, 0) is 11.3 Å². The Labute approximate surface area is 191 Å². The normalized spacial score (nSPS) is 11.3. The molecule has 0 aliphatic rings. The molecule has 0 saturated heterocycles. The van der Waals surface area contributed by atoms with Crippen LogP contribution in [0.1, 0.15) is 31.4 Å². The Morgan fingerprint density at radius 2 is 1.79 bits per heavy atom. The lowest BCUT2D eigenvalue weighted by molar-refractivity contribution is -0.114. The molecule has 7 nitrogen and oxygen atoms in total. The van der Waals surface area contributed by atoms with Gasteiger partial charge in [0.2, 0.25) is 0 Å². The van der Waals surface area contributed by atoms with Gasteiger partial charge in [0.05, 0.1) is 6.54 Å². The third-order valence-electron chi connectivity index (χ3n) is 5.15. The first-order chi connectivity index (χ1) is 15.8. The Hall–Kier alpha value is -3.94. The van der Waals surface area contributed by atoms with Crippen LogP contribution in [0.25, 0.3) is 6.08 Å². The monoisotopic (exact) mass is 450 g/mol. The van der Waals surface area contributed by atoms with Crippen LogP contribution < -0.4 is 21.9 Å². The van der Waals surface area contributed by atoms with Crippen LogP contribution in [0.3, 0.4) is 0 Å². The highest BCUT2D eigenvalue weighted by atomic mass is 19.1. The van der Waals surface area contributed by atoms with Crippen molar-refractivity contribution in [3.63, 3.8) is 0 Å². The van der Waals surface area contributed by atoms with Crippen molar-refractivity contribution in [2.45, 2.75) is 26.8 Å². The number of hydrogen-bond donors (Lipinski definition) is 2. The van der Waals surface area contributed by atoms with E-state index in [9.17, 15) is 18.8 Å². The number of anilines is 2. The van der Waals surface area contributed by atoms with E-state index >= 15 is 0 Å². The number of aromatic nitrogens is 2. The molecular weight excluding hydrogens is 423 g/mol. The van der Waals surface area contributed by atoms with E-state index in [-0.39, 0.29) is 36.3 Å². The Kier molecular flexibility index (Phi) is 7.61. The number of carbonyl (C=O) groups excluding carboxylic acids is 1. The Morgan fingerprint density at radius 3 is 2.42 bits per heavy atom. The van der Waals surface area contributed by atoms with Gasteiger partial charge in [-0.15, -0.1) is 0 Å². The van der Waals surface area contributed by atoms with Crippen molar-refractivity contribution in [2.75, 3.05) is 17.2 Å². The molecule has 1 amide bonds. The maximum absolute atomic E-state index is 13.1. The predicted molar refractivity (Wildman–Crippen MR) is 129 cm³/mol. The van der Waals surface area contributed by atoms with Gasteiger partial charge < -0.3 is 10.6 Å². The second-order valence-electron chi connectivity index (χ2n) is 8.12. The van der Waals surface area contributed by atoms with E-state index < -0.39 is 17.2 Å². The fraction of sp³-hybridized carbons (Fsp3) is 0.240. The van der Waals surface area contributed by atoms with Gasteiger partial charge >= 0.3 is 5.69 Å². The number of nitrogens with zero attached hydrogens (tertiary/aromatic N) is 2. The first-order valence-electron chi connectivity index (χ1n) is 10.7. The largest absolute Gasteiger partial charge is 0.383 e. The van der Waals surface area contributed by atoms with E-state index in [1.807, 2.05) is 44.2 Å². The van der Waals surface area contributed by atoms with Crippen LogP contribution in [0.15, 0.2) is 70.3 Å². The average molecular weight is 451 g/mol. The topological polar surface area (TPSA) is 101 Å². The molecule has 3 aromatic rings. The number of benzene rings is 2. The van der Waals surface area contributed by atoms with Gasteiger partial charge in [0.25, 0.3) is 11.5 Å². The van der Waals surface area contributed by atoms with E-state index in [2.05, 4.69) is 4.98 Å². The summed E-state index contributed by atoms with van der Waals surface area (Å²) >= 11 is 0. The number of nitrogens with one attached hydrogen (secondary N) is 1. The second-order valence-corrected chi connectivity index (χ2v) is 8.12. The Morgan fingerprint density at radius 1 is 1.12 bits per heavy atom. The maximum atomic E-state index is 13.1. The minimum Gasteiger partial charge on any atom is -0.383 e. The summed E-state index contributed by atoms with van der Waals surface area (Å²) in [7, 11) is 0. The lowest BCUT2D eigenvalue weighted by atomic mass is 10.1. The van der Waals surface area contributed by atoms with Crippen LogP contribution in [0.5, 0.6) is 0 Å². The second kappa shape index (κ2) is 10.6. The molecule has 33 heavy (non-hydrogen) atoms. The fourth-order valence-electron chi connectivity index (χ4n) is 3.31. The zero-order valence-corrected chi connectivity index (χ0v) is 18.6. The van der Waals surface area contributed by atoms with Gasteiger partial charge in [-0.05, 0) is 41.7 Å². The number of halogens is 1. The van der Waals surface area contributed by atoms with Gasteiger partial charge in [0.15, 0.2) is 5.69 Å². The zero-order chi connectivity index (χ0) is 24.0. The summed E-state index contributed by atoms with van der Waals surface area (Å²) < 4.78 is 14.4. The number of nitrogens with two attached hydrogens (primary N) is 1. The van der Waals surface area contributed by atoms with Gasteiger partial charge in [0.1, 0.15) is 11.6 Å². The van der Waals surface area contributed by atoms with Crippen molar-refractivity contribution in [1.82, 2.24) is 9.55 Å². The molecule has 0 aliphatic heterocycles. The van der Waals surface area contributed by atoms with Crippen LogP contribution in [0, 0.1) is 11.7 Å². The summed E-state index contributed by atoms with van der Waals surface area (Å²) in [5.74, 6) is -0.670. The van der Waals surface area contributed by atoms with Crippen LogP contribution in [0.2, 0.25) is 0 Å². The highest BCUT2D eigenvalue weighted by Crippen LogP contribution is 2.20. The third-order valence-corrected chi connectivity index (χ3v) is 5.15. The van der Waals surface area contributed by atoms with Gasteiger partial charge in [-0.25, -0.2) is 9.18 Å². The molecule has 172 valence electrons. The van der Waals surface area contributed by atoms with E-state index in [1.54, 1.807) is 12.1 Å². The lowest BCUT2D eigenvalue weighted by Gasteiger charge is -2.24. The van der Waals surface area contributed by atoms with E-state index in [0.29, 0.717) is 12.0 Å². The Balaban J connectivity index is 2.01. The van der Waals surface area contributed by atoms with E-state index in [0.717, 1.165) is 5.56 Å². The highest BCUT2D eigenvalue weighted by molar-refractivity contribution is 6.05. The van der Waals surface area contributed by atoms with Crippen molar-refractivity contribution >= 4 is 23.5 Å². The summed E-state index contributed by atoms with van der Waals surface area (Å²) in [5.41, 5.74) is 6.29. The first-order valence-corrected chi connectivity index (χ1v) is 10.7. The standard InChI is InChI=1S/C25H27FN4O3/c1-17(2)14-15-29(21(31)13-10-18-8-11-20(26)12-9-18)22-23(27)30(25(33)28-24(22)32)16-19-6-4-3-5-7-19/h3-13,17H,14-16,27H2,1-2H3,(H,28,32,33)/b13-10+. The molecule has 0 atom stereocenters. The molecule has 1 aromatic heterocycles. The van der Waals surface area contributed by atoms with E-state index in [1.165, 1.54) is 33.8 Å². The molecule has 0 fully saturated rings. The minimum atomic E-state index is -0.728. The van der Waals surface area contributed by atoms with Crippen LogP contribution in [-0.4, -0.2) is 22.0 Å². The average Bonchev–Trinajstić information content (AvgIpc) is 2.78. The van der Waals surface area contributed by atoms with Gasteiger partial charge in [0, 0.05) is 12.6 Å². The SMILES string of the molecule is CC(C)CCN(C(=O)/C=C/c1ccc(F)cc1)c1c(N)n(Cc2ccccc2)c(=O)[nH]c1=O. The van der Waals surface area contributed by atoms with Crippen molar-refractivity contribution in [1.29, 1.82) is 0 Å². The number of hydrogen-bond acceptors (Lipinski definition) is 4. The number of rotatable bonds is 8. The number of carbonyl (C=O) groups is 1. The summed E-state index contributed by atoms with van der Waals surface area (Å²) in [4.78, 5) is 41.9. The first kappa shape index (κ1) is 23.7. The smallest absolute Gasteiger partial charge is 0.330 e. The molecule has 8 heteroatoms. The summed E-state index contributed by atoms with van der Waals surface area (Å²) in [6.45, 7) is 4.38. The number of H-pyrrole nitrogens is 1. The molecule has 0 unspecified atom stereocenters. The maximum Gasteiger partial charge on any atom is 0.330 e. The number of nitrogen functional groups attached to an aromatic ring is 1. The fourth-order valence-corrected chi connectivity index (χ4v) is 3.31. The number of aromatic amines is 1. The minimum absolute atomic E-state index is 0.0695. The molecule has 1 heterocycles. The summed E-state index contributed by atoms with van der Waals surface area (Å²) in [6.07, 6.45) is 3.46. The van der Waals surface area contributed by atoms with Gasteiger partial charge in [-0.1, -0.05) is 56.3 Å². The molecule has 2 aromatic carbocycles. The predicted octanol–water partition coefficient (Wildman–Crippen LogP) is 3.40. The quantitative estimate of drug-likeness (QED) is 0.514. The third kappa shape index (κ3) is 6.06. The lowest BCUT2D eigenvalue weighted by Crippen LogP contribution is -2.41. The van der Waals surface area contributed by atoms with Gasteiger partial charge in [-0.3, -0.25) is 19.1 Å². The Bertz CT molecular complexity index is 1250. The molecule has 0 spiro atoms. The summed E-state index contributed by atoms with van der Waals surface area (Å²) in [5, 5.41) is 0. The van der Waals surface area contributed by atoms with Crippen molar-refractivity contribution in [3.05, 3.63) is 98.5 Å². The highest BCUT2D eigenvalue weighted by Gasteiger charge is 2.23. The summed E-state index contributed by atoms with van der Waals surface area (Å²) in [6, 6.07) is 14.9. The van der Waals surface area contributed by atoms with Crippen LogP contribution in [0.4, 0.5) is 15.9 Å². The van der Waals surface area contributed by atoms with Crippen molar-refractivity contribution in [2.24, 2.45) is 5.92 Å². The van der Waals surface area contributed by atoms with Crippen molar-refractivity contribution in [3.8, 4) is 0 Å². The zero-order valence-electron chi connectivity index (χ0n) is 18.6.